The third-order valence-corrected chi connectivity index (χ3v) is 4.46. The standard InChI is InChI=1S/C18H16ClN3O2S/c1-11-9-13(19)6-7-16(11)24-12(2)17(23)22-18-21-15(10-25-18)14-5-3-4-8-20-14/h3-10,12H,1-2H3,(H,21,22,23). The summed E-state index contributed by atoms with van der Waals surface area (Å²) in [6.07, 6.45) is 1.04. The Kier molecular flexibility index (Phi) is 5.31. The van der Waals surface area contributed by atoms with Crippen molar-refractivity contribution in [3.8, 4) is 17.1 Å². The van der Waals surface area contributed by atoms with Gasteiger partial charge < -0.3 is 4.74 Å². The summed E-state index contributed by atoms with van der Waals surface area (Å²) in [6.45, 7) is 3.57. The maximum atomic E-state index is 12.3. The lowest BCUT2D eigenvalue weighted by Gasteiger charge is -2.15. The number of rotatable bonds is 5. The van der Waals surface area contributed by atoms with Crippen LogP contribution in [0.4, 0.5) is 5.13 Å². The first-order chi connectivity index (χ1) is 12.0. The molecule has 0 aliphatic rings. The molecular formula is C18H16ClN3O2S. The van der Waals surface area contributed by atoms with E-state index in [1.807, 2.05) is 30.5 Å². The number of thiazole rings is 1. The molecule has 0 radical (unpaired) electrons. The second-order valence-corrected chi connectivity index (χ2v) is 6.71. The van der Waals surface area contributed by atoms with Gasteiger partial charge in [0.1, 0.15) is 11.4 Å². The third kappa shape index (κ3) is 4.35. The molecule has 3 rings (SSSR count). The Morgan fingerprint density at radius 1 is 1.28 bits per heavy atom. The molecule has 0 saturated heterocycles. The van der Waals surface area contributed by atoms with Crippen LogP contribution in [0.15, 0.2) is 48.0 Å². The van der Waals surface area contributed by atoms with Gasteiger partial charge in [-0.3, -0.25) is 15.1 Å². The number of nitrogens with one attached hydrogen (secondary N) is 1. The van der Waals surface area contributed by atoms with Gasteiger partial charge >= 0.3 is 0 Å². The molecule has 1 atom stereocenters. The number of pyridine rings is 1. The lowest BCUT2D eigenvalue weighted by molar-refractivity contribution is -0.122. The number of carbonyl (C=O) groups excluding carboxylic acids is 1. The molecule has 0 saturated carbocycles. The van der Waals surface area contributed by atoms with E-state index in [9.17, 15) is 4.79 Å². The van der Waals surface area contributed by atoms with Crippen molar-refractivity contribution >= 4 is 34.0 Å². The van der Waals surface area contributed by atoms with Crippen molar-refractivity contribution in [1.82, 2.24) is 9.97 Å². The number of hydrogen-bond donors (Lipinski definition) is 1. The average molecular weight is 374 g/mol. The molecule has 1 amide bonds. The number of amides is 1. The van der Waals surface area contributed by atoms with E-state index in [1.165, 1.54) is 11.3 Å². The van der Waals surface area contributed by atoms with Crippen molar-refractivity contribution in [2.75, 3.05) is 5.32 Å². The highest BCUT2D eigenvalue weighted by Crippen LogP contribution is 2.25. The molecule has 0 fully saturated rings. The van der Waals surface area contributed by atoms with E-state index < -0.39 is 6.10 Å². The highest BCUT2D eigenvalue weighted by atomic mass is 35.5. The Bertz CT molecular complexity index is 883. The number of carbonyl (C=O) groups is 1. The first-order valence-corrected chi connectivity index (χ1v) is 8.89. The largest absolute Gasteiger partial charge is 0.481 e. The zero-order valence-electron chi connectivity index (χ0n) is 13.7. The van der Waals surface area contributed by atoms with Crippen molar-refractivity contribution in [1.29, 1.82) is 0 Å². The minimum Gasteiger partial charge on any atom is -0.481 e. The molecule has 0 bridgehead atoms. The van der Waals surface area contributed by atoms with Gasteiger partial charge in [0.15, 0.2) is 11.2 Å². The second kappa shape index (κ2) is 7.63. The lowest BCUT2D eigenvalue weighted by atomic mass is 10.2. The van der Waals surface area contributed by atoms with Crippen molar-refractivity contribution in [2.24, 2.45) is 0 Å². The summed E-state index contributed by atoms with van der Waals surface area (Å²) in [5.74, 6) is 0.358. The number of halogens is 1. The van der Waals surface area contributed by atoms with E-state index >= 15 is 0 Å². The van der Waals surface area contributed by atoms with Gasteiger partial charge in [-0.05, 0) is 49.7 Å². The maximum Gasteiger partial charge on any atom is 0.266 e. The third-order valence-electron chi connectivity index (χ3n) is 3.47. The molecule has 1 aromatic carbocycles. The molecular weight excluding hydrogens is 358 g/mol. The quantitative estimate of drug-likeness (QED) is 0.711. The molecule has 0 spiro atoms. The summed E-state index contributed by atoms with van der Waals surface area (Å²) in [4.78, 5) is 21.0. The van der Waals surface area contributed by atoms with Gasteiger partial charge in [-0.2, -0.15) is 0 Å². The number of aryl methyl sites for hydroxylation is 1. The fourth-order valence-corrected chi connectivity index (χ4v) is 3.09. The van der Waals surface area contributed by atoms with Crippen molar-refractivity contribution < 1.29 is 9.53 Å². The van der Waals surface area contributed by atoms with Crippen LogP contribution in [-0.4, -0.2) is 22.0 Å². The summed E-state index contributed by atoms with van der Waals surface area (Å²) in [6, 6.07) is 10.9. The van der Waals surface area contributed by atoms with Gasteiger partial charge in [-0.15, -0.1) is 11.3 Å². The molecule has 2 heterocycles. The monoisotopic (exact) mass is 373 g/mol. The average Bonchev–Trinajstić information content (AvgIpc) is 3.06. The van der Waals surface area contributed by atoms with Gasteiger partial charge in [0, 0.05) is 16.6 Å². The molecule has 7 heteroatoms. The molecule has 2 aromatic heterocycles. The number of benzene rings is 1. The number of anilines is 1. The summed E-state index contributed by atoms with van der Waals surface area (Å²) in [7, 11) is 0. The predicted molar refractivity (Wildman–Crippen MR) is 100 cm³/mol. The fourth-order valence-electron chi connectivity index (χ4n) is 2.16. The van der Waals surface area contributed by atoms with Crippen LogP contribution < -0.4 is 10.1 Å². The number of nitrogens with zero attached hydrogens (tertiary/aromatic N) is 2. The smallest absolute Gasteiger partial charge is 0.266 e. The van der Waals surface area contributed by atoms with Crippen LogP contribution in [0.2, 0.25) is 5.02 Å². The van der Waals surface area contributed by atoms with Crippen molar-refractivity contribution in [3.63, 3.8) is 0 Å². The Hall–Kier alpha value is -2.44. The molecule has 128 valence electrons. The van der Waals surface area contributed by atoms with E-state index in [0.29, 0.717) is 15.9 Å². The van der Waals surface area contributed by atoms with Crippen LogP contribution in [0.1, 0.15) is 12.5 Å². The van der Waals surface area contributed by atoms with E-state index in [-0.39, 0.29) is 5.91 Å². The molecule has 0 aliphatic heterocycles. The first-order valence-electron chi connectivity index (χ1n) is 7.63. The van der Waals surface area contributed by atoms with Gasteiger partial charge in [0.05, 0.1) is 5.69 Å². The zero-order valence-corrected chi connectivity index (χ0v) is 15.3. The molecule has 5 nitrogen and oxygen atoms in total. The SMILES string of the molecule is Cc1cc(Cl)ccc1OC(C)C(=O)Nc1nc(-c2ccccn2)cs1. The van der Waals surface area contributed by atoms with Crippen LogP contribution >= 0.6 is 22.9 Å². The Morgan fingerprint density at radius 3 is 2.84 bits per heavy atom. The fraction of sp³-hybridized carbons (Fsp3) is 0.167. The maximum absolute atomic E-state index is 12.3. The Balaban J connectivity index is 1.65. The van der Waals surface area contributed by atoms with Gasteiger partial charge in [-0.1, -0.05) is 17.7 Å². The Morgan fingerprint density at radius 2 is 2.12 bits per heavy atom. The van der Waals surface area contributed by atoms with Crippen LogP contribution in [0.25, 0.3) is 11.4 Å². The van der Waals surface area contributed by atoms with Gasteiger partial charge in [0.25, 0.3) is 5.91 Å². The summed E-state index contributed by atoms with van der Waals surface area (Å²) in [5.41, 5.74) is 2.36. The summed E-state index contributed by atoms with van der Waals surface area (Å²) < 4.78 is 5.72. The van der Waals surface area contributed by atoms with E-state index in [1.54, 1.807) is 31.3 Å². The van der Waals surface area contributed by atoms with Crippen LogP contribution in [0, 0.1) is 6.92 Å². The Labute approximate surface area is 154 Å². The van der Waals surface area contributed by atoms with E-state index in [2.05, 4.69) is 15.3 Å². The minimum absolute atomic E-state index is 0.267. The molecule has 0 aliphatic carbocycles. The normalized spacial score (nSPS) is 11.8. The molecule has 25 heavy (non-hydrogen) atoms. The first kappa shape index (κ1) is 17.4. The van der Waals surface area contributed by atoms with Crippen LogP contribution in [0.5, 0.6) is 5.75 Å². The number of ether oxygens (including phenoxy) is 1. The number of aromatic nitrogens is 2. The summed E-state index contributed by atoms with van der Waals surface area (Å²) in [5, 5.41) is 5.77. The zero-order chi connectivity index (χ0) is 17.8. The lowest BCUT2D eigenvalue weighted by Crippen LogP contribution is -2.30. The van der Waals surface area contributed by atoms with Crippen LogP contribution in [-0.2, 0) is 4.79 Å². The highest BCUT2D eigenvalue weighted by Gasteiger charge is 2.17. The van der Waals surface area contributed by atoms with Crippen molar-refractivity contribution in [3.05, 3.63) is 58.6 Å². The van der Waals surface area contributed by atoms with Gasteiger partial charge in [-0.25, -0.2) is 4.98 Å². The molecule has 3 aromatic rings. The molecule has 1 N–H and O–H groups in total. The topological polar surface area (TPSA) is 64.1 Å². The number of hydrogen-bond acceptors (Lipinski definition) is 5. The van der Waals surface area contributed by atoms with Crippen molar-refractivity contribution in [2.45, 2.75) is 20.0 Å². The second-order valence-electron chi connectivity index (χ2n) is 5.41. The van der Waals surface area contributed by atoms with Crippen LogP contribution in [0.3, 0.4) is 0 Å². The molecule has 1 unspecified atom stereocenters. The predicted octanol–water partition coefficient (Wildman–Crippen LogP) is 4.57. The van der Waals surface area contributed by atoms with Gasteiger partial charge in [0.2, 0.25) is 0 Å². The van der Waals surface area contributed by atoms with E-state index in [4.69, 9.17) is 16.3 Å². The highest BCUT2D eigenvalue weighted by molar-refractivity contribution is 7.14. The van der Waals surface area contributed by atoms with E-state index in [0.717, 1.165) is 17.0 Å². The summed E-state index contributed by atoms with van der Waals surface area (Å²) >= 11 is 7.27. The minimum atomic E-state index is -0.665.